The lowest BCUT2D eigenvalue weighted by Crippen LogP contribution is -2.26. The van der Waals surface area contributed by atoms with E-state index in [1.54, 1.807) is 0 Å². The van der Waals surface area contributed by atoms with Crippen molar-refractivity contribution in [2.45, 2.75) is 31.8 Å². The number of hydrogen-bond donors (Lipinski definition) is 1. The van der Waals surface area contributed by atoms with Gasteiger partial charge in [-0.3, -0.25) is 0 Å². The van der Waals surface area contributed by atoms with Crippen LogP contribution in [0.1, 0.15) is 43.0 Å². The number of benzene rings is 2. The molecule has 3 heteroatoms. The number of hydrogen-bond acceptors (Lipinski definition) is 1. The summed E-state index contributed by atoms with van der Waals surface area (Å²) in [7, 11) is 0. The van der Waals surface area contributed by atoms with E-state index in [0.717, 1.165) is 16.5 Å². The Morgan fingerprint density at radius 1 is 1.05 bits per heavy atom. The van der Waals surface area contributed by atoms with Gasteiger partial charge in [0.2, 0.25) is 0 Å². The minimum atomic E-state index is 0.195. The van der Waals surface area contributed by atoms with Crippen molar-refractivity contribution in [2.75, 3.05) is 0 Å². The predicted octanol–water partition coefficient (Wildman–Crippen LogP) is 5.80. The quantitative estimate of drug-likeness (QED) is 0.734. The minimum absolute atomic E-state index is 0.195. The molecule has 21 heavy (non-hydrogen) atoms. The molecule has 1 saturated carbocycles. The standard InChI is InChI=1S/C18H19Cl2N/c1-12(16-10-9-15(19)11-17(16)20)21-18(14-7-8-14)13-5-3-2-4-6-13/h2-6,9-12,14,18,21H,7-8H2,1H3. The first-order chi connectivity index (χ1) is 10.1. The fourth-order valence-electron chi connectivity index (χ4n) is 2.81. The van der Waals surface area contributed by atoms with Gasteiger partial charge >= 0.3 is 0 Å². The topological polar surface area (TPSA) is 12.0 Å². The summed E-state index contributed by atoms with van der Waals surface area (Å²) in [4.78, 5) is 0. The van der Waals surface area contributed by atoms with Crippen LogP contribution < -0.4 is 5.32 Å². The van der Waals surface area contributed by atoms with Crippen molar-refractivity contribution in [3.63, 3.8) is 0 Å². The van der Waals surface area contributed by atoms with E-state index in [9.17, 15) is 0 Å². The molecule has 0 heterocycles. The van der Waals surface area contributed by atoms with Crippen molar-refractivity contribution in [3.8, 4) is 0 Å². The fourth-order valence-corrected chi connectivity index (χ4v) is 3.38. The van der Waals surface area contributed by atoms with Gasteiger partial charge in [0.1, 0.15) is 0 Å². The minimum Gasteiger partial charge on any atom is -0.303 e. The Balaban J connectivity index is 1.79. The SMILES string of the molecule is CC(NC(c1ccccc1)C1CC1)c1ccc(Cl)cc1Cl. The van der Waals surface area contributed by atoms with E-state index in [2.05, 4.69) is 42.6 Å². The molecule has 0 amide bonds. The lowest BCUT2D eigenvalue weighted by atomic mass is 9.99. The van der Waals surface area contributed by atoms with E-state index in [1.165, 1.54) is 18.4 Å². The summed E-state index contributed by atoms with van der Waals surface area (Å²) < 4.78 is 0. The van der Waals surface area contributed by atoms with Crippen LogP contribution >= 0.6 is 23.2 Å². The summed E-state index contributed by atoms with van der Waals surface area (Å²) in [6.07, 6.45) is 2.60. The molecule has 1 nitrogen and oxygen atoms in total. The first kappa shape index (κ1) is 14.9. The van der Waals surface area contributed by atoms with Gasteiger partial charge in [-0.05, 0) is 48.9 Å². The van der Waals surface area contributed by atoms with Crippen LogP contribution in [0.3, 0.4) is 0 Å². The molecule has 0 radical (unpaired) electrons. The van der Waals surface area contributed by atoms with Crippen LogP contribution in [-0.2, 0) is 0 Å². The second-order valence-corrected chi connectivity index (χ2v) is 6.62. The highest BCUT2D eigenvalue weighted by molar-refractivity contribution is 6.35. The van der Waals surface area contributed by atoms with Crippen LogP contribution in [0.2, 0.25) is 10.0 Å². The first-order valence-electron chi connectivity index (χ1n) is 7.41. The first-order valence-corrected chi connectivity index (χ1v) is 8.16. The van der Waals surface area contributed by atoms with Crippen molar-refractivity contribution < 1.29 is 0 Å². The second-order valence-electron chi connectivity index (χ2n) is 5.78. The van der Waals surface area contributed by atoms with Crippen molar-refractivity contribution in [2.24, 2.45) is 5.92 Å². The molecule has 3 rings (SSSR count). The third kappa shape index (κ3) is 3.60. The second kappa shape index (κ2) is 6.39. The van der Waals surface area contributed by atoms with Gasteiger partial charge < -0.3 is 5.32 Å². The van der Waals surface area contributed by atoms with E-state index >= 15 is 0 Å². The lowest BCUT2D eigenvalue weighted by Gasteiger charge is -2.25. The third-order valence-electron chi connectivity index (χ3n) is 4.11. The summed E-state index contributed by atoms with van der Waals surface area (Å²) in [5.74, 6) is 0.737. The van der Waals surface area contributed by atoms with Gasteiger partial charge in [-0.1, -0.05) is 59.6 Å². The molecule has 110 valence electrons. The van der Waals surface area contributed by atoms with E-state index in [4.69, 9.17) is 23.2 Å². The molecular weight excluding hydrogens is 301 g/mol. The van der Waals surface area contributed by atoms with Gasteiger partial charge in [0.15, 0.2) is 0 Å². The maximum Gasteiger partial charge on any atom is 0.0468 e. The highest BCUT2D eigenvalue weighted by atomic mass is 35.5. The van der Waals surface area contributed by atoms with Gasteiger partial charge in [-0.2, -0.15) is 0 Å². The Hall–Kier alpha value is -1.02. The predicted molar refractivity (Wildman–Crippen MR) is 89.9 cm³/mol. The molecule has 0 spiro atoms. The number of halogens is 2. The number of rotatable bonds is 5. The van der Waals surface area contributed by atoms with Gasteiger partial charge in [-0.15, -0.1) is 0 Å². The fraction of sp³-hybridized carbons (Fsp3) is 0.333. The van der Waals surface area contributed by atoms with Gasteiger partial charge in [-0.25, -0.2) is 0 Å². The maximum atomic E-state index is 6.32. The van der Waals surface area contributed by atoms with Gasteiger partial charge in [0, 0.05) is 22.1 Å². The molecule has 2 atom stereocenters. The lowest BCUT2D eigenvalue weighted by molar-refractivity contribution is 0.427. The third-order valence-corrected chi connectivity index (χ3v) is 4.67. The normalized spacial score (nSPS) is 17.5. The largest absolute Gasteiger partial charge is 0.303 e. The smallest absolute Gasteiger partial charge is 0.0468 e. The molecule has 0 aromatic heterocycles. The summed E-state index contributed by atoms with van der Waals surface area (Å²) in [6, 6.07) is 17.0. The van der Waals surface area contributed by atoms with Crippen LogP contribution in [0.5, 0.6) is 0 Å². The average Bonchev–Trinajstić information content (AvgIpc) is 3.30. The van der Waals surface area contributed by atoms with Gasteiger partial charge in [0.25, 0.3) is 0 Å². The molecule has 2 aromatic carbocycles. The molecule has 0 bridgehead atoms. The molecule has 2 unspecified atom stereocenters. The van der Waals surface area contributed by atoms with Crippen LogP contribution in [-0.4, -0.2) is 0 Å². The molecule has 1 fully saturated rings. The van der Waals surface area contributed by atoms with Crippen molar-refractivity contribution in [3.05, 3.63) is 69.7 Å². The molecule has 1 aliphatic carbocycles. The summed E-state index contributed by atoms with van der Waals surface area (Å²) in [5.41, 5.74) is 2.46. The molecule has 0 saturated heterocycles. The molecular formula is C18H19Cl2N. The van der Waals surface area contributed by atoms with Crippen molar-refractivity contribution >= 4 is 23.2 Å². The van der Waals surface area contributed by atoms with Crippen LogP contribution in [0.15, 0.2) is 48.5 Å². The Morgan fingerprint density at radius 3 is 2.38 bits per heavy atom. The average molecular weight is 320 g/mol. The van der Waals surface area contributed by atoms with E-state index in [-0.39, 0.29) is 6.04 Å². The van der Waals surface area contributed by atoms with Crippen LogP contribution in [0.4, 0.5) is 0 Å². The van der Waals surface area contributed by atoms with E-state index in [0.29, 0.717) is 11.1 Å². The Kier molecular flexibility index (Phi) is 4.54. The Labute approximate surface area is 136 Å². The summed E-state index contributed by atoms with van der Waals surface area (Å²) in [5, 5.41) is 5.15. The molecule has 1 aliphatic rings. The Bertz CT molecular complexity index is 608. The van der Waals surface area contributed by atoms with Crippen LogP contribution in [0, 0.1) is 5.92 Å². The zero-order valence-electron chi connectivity index (χ0n) is 12.0. The molecule has 0 aliphatic heterocycles. The molecule has 1 N–H and O–H groups in total. The zero-order chi connectivity index (χ0) is 14.8. The monoisotopic (exact) mass is 319 g/mol. The van der Waals surface area contributed by atoms with E-state index in [1.807, 2.05) is 18.2 Å². The maximum absolute atomic E-state index is 6.32. The number of nitrogens with one attached hydrogen (secondary N) is 1. The summed E-state index contributed by atoms with van der Waals surface area (Å²) >= 11 is 12.3. The van der Waals surface area contributed by atoms with Gasteiger partial charge in [0.05, 0.1) is 0 Å². The van der Waals surface area contributed by atoms with Crippen molar-refractivity contribution in [1.29, 1.82) is 0 Å². The summed E-state index contributed by atoms with van der Waals surface area (Å²) in [6.45, 7) is 2.16. The van der Waals surface area contributed by atoms with Crippen LogP contribution in [0.25, 0.3) is 0 Å². The Morgan fingerprint density at radius 2 is 1.76 bits per heavy atom. The molecule has 2 aromatic rings. The van der Waals surface area contributed by atoms with Crippen molar-refractivity contribution in [1.82, 2.24) is 5.32 Å². The highest BCUT2D eigenvalue weighted by Crippen LogP contribution is 2.42. The zero-order valence-corrected chi connectivity index (χ0v) is 13.5. The van der Waals surface area contributed by atoms with E-state index < -0.39 is 0 Å². The highest BCUT2D eigenvalue weighted by Gasteiger charge is 2.33.